The Labute approximate surface area is 122 Å². The van der Waals surface area contributed by atoms with Crippen LogP contribution in [0.2, 0.25) is 0 Å². The summed E-state index contributed by atoms with van der Waals surface area (Å²) in [7, 11) is 1.69. The molecule has 0 saturated carbocycles. The van der Waals surface area contributed by atoms with E-state index in [1.807, 2.05) is 31.2 Å². The summed E-state index contributed by atoms with van der Waals surface area (Å²) in [4.78, 5) is 0. The first-order valence-corrected chi connectivity index (χ1v) is 7.32. The standard InChI is InChI=1S/C16H27NO3/c1-4-11-20-15-8-6-14(7-9-15)16(18)13(2)17-10-5-12-19-3/h6-9,13,16-18H,4-5,10-12H2,1-3H3. The normalized spacial score (nSPS) is 14.0. The third-order valence-corrected chi connectivity index (χ3v) is 3.16. The van der Waals surface area contributed by atoms with E-state index in [4.69, 9.17) is 9.47 Å². The smallest absolute Gasteiger partial charge is 0.119 e. The van der Waals surface area contributed by atoms with E-state index in [1.54, 1.807) is 7.11 Å². The highest BCUT2D eigenvalue weighted by Crippen LogP contribution is 2.20. The first kappa shape index (κ1) is 17.0. The van der Waals surface area contributed by atoms with Gasteiger partial charge in [-0.05, 0) is 44.0 Å². The third-order valence-electron chi connectivity index (χ3n) is 3.16. The average molecular weight is 281 g/mol. The van der Waals surface area contributed by atoms with Crippen LogP contribution in [0.25, 0.3) is 0 Å². The summed E-state index contributed by atoms with van der Waals surface area (Å²) in [6.45, 7) is 6.36. The molecule has 20 heavy (non-hydrogen) atoms. The maximum absolute atomic E-state index is 10.3. The molecule has 0 radical (unpaired) electrons. The molecule has 1 aromatic rings. The summed E-state index contributed by atoms with van der Waals surface area (Å²) in [5.41, 5.74) is 0.903. The molecule has 4 heteroatoms. The van der Waals surface area contributed by atoms with Gasteiger partial charge in [-0.1, -0.05) is 19.1 Å². The fourth-order valence-corrected chi connectivity index (χ4v) is 1.93. The van der Waals surface area contributed by atoms with Crippen molar-refractivity contribution in [2.75, 3.05) is 26.9 Å². The van der Waals surface area contributed by atoms with Gasteiger partial charge in [-0.15, -0.1) is 0 Å². The summed E-state index contributed by atoms with van der Waals surface area (Å²) in [6, 6.07) is 7.67. The molecule has 0 aliphatic carbocycles. The van der Waals surface area contributed by atoms with Crippen molar-refractivity contribution < 1.29 is 14.6 Å². The molecule has 0 spiro atoms. The second-order valence-corrected chi connectivity index (χ2v) is 4.95. The van der Waals surface area contributed by atoms with Gasteiger partial charge in [-0.25, -0.2) is 0 Å². The molecule has 0 heterocycles. The number of ether oxygens (including phenoxy) is 2. The van der Waals surface area contributed by atoms with Gasteiger partial charge in [0.05, 0.1) is 12.7 Å². The number of methoxy groups -OCH3 is 1. The lowest BCUT2D eigenvalue weighted by Gasteiger charge is -2.21. The maximum atomic E-state index is 10.3. The van der Waals surface area contributed by atoms with Gasteiger partial charge in [-0.3, -0.25) is 0 Å². The lowest BCUT2D eigenvalue weighted by atomic mass is 10.0. The first-order valence-electron chi connectivity index (χ1n) is 7.32. The van der Waals surface area contributed by atoms with E-state index in [2.05, 4.69) is 12.2 Å². The molecule has 2 unspecified atom stereocenters. The van der Waals surface area contributed by atoms with E-state index >= 15 is 0 Å². The molecular weight excluding hydrogens is 254 g/mol. The van der Waals surface area contributed by atoms with E-state index in [-0.39, 0.29) is 6.04 Å². The summed E-state index contributed by atoms with van der Waals surface area (Å²) in [5.74, 6) is 0.850. The van der Waals surface area contributed by atoms with Crippen LogP contribution < -0.4 is 10.1 Å². The molecular formula is C16H27NO3. The number of benzene rings is 1. The Morgan fingerprint density at radius 2 is 1.90 bits per heavy atom. The first-order chi connectivity index (χ1) is 9.69. The second-order valence-electron chi connectivity index (χ2n) is 4.95. The quantitative estimate of drug-likeness (QED) is 0.647. The summed E-state index contributed by atoms with van der Waals surface area (Å²) < 4.78 is 10.5. The lowest BCUT2D eigenvalue weighted by Crippen LogP contribution is -2.33. The topological polar surface area (TPSA) is 50.7 Å². The van der Waals surface area contributed by atoms with Crippen LogP contribution in [0.1, 0.15) is 38.4 Å². The number of rotatable bonds is 10. The molecule has 0 aromatic heterocycles. The van der Waals surface area contributed by atoms with Gasteiger partial charge in [-0.2, -0.15) is 0 Å². The van der Waals surface area contributed by atoms with Gasteiger partial charge in [0.25, 0.3) is 0 Å². The Bertz CT molecular complexity index is 353. The lowest BCUT2D eigenvalue weighted by molar-refractivity contribution is 0.132. The van der Waals surface area contributed by atoms with Crippen LogP contribution in [0, 0.1) is 0 Å². The number of hydrogen-bond acceptors (Lipinski definition) is 4. The summed E-state index contributed by atoms with van der Waals surface area (Å²) in [5, 5.41) is 13.6. The molecule has 0 amide bonds. The minimum atomic E-state index is -0.516. The molecule has 114 valence electrons. The second kappa shape index (κ2) is 9.75. The van der Waals surface area contributed by atoms with Crippen molar-refractivity contribution in [3.8, 4) is 5.75 Å². The molecule has 1 rings (SSSR count). The van der Waals surface area contributed by atoms with Crippen molar-refractivity contribution in [3.05, 3.63) is 29.8 Å². The zero-order valence-corrected chi connectivity index (χ0v) is 12.8. The molecule has 0 bridgehead atoms. The monoisotopic (exact) mass is 281 g/mol. The highest BCUT2D eigenvalue weighted by atomic mass is 16.5. The average Bonchev–Trinajstić information content (AvgIpc) is 2.49. The Hall–Kier alpha value is -1.10. The SMILES string of the molecule is CCCOc1ccc(C(O)C(C)NCCCOC)cc1. The highest BCUT2D eigenvalue weighted by molar-refractivity contribution is 5.29. The third kappa shape index (κ3) is 5.90. The van der Waals surface area contributed by atoms with Crippen LogP contribution in [0.15, 0.2) is 24.3 Å². The number of hydrogen-bond donors (Lipinski definition) is 2. The predicted molar refractivity (Wildman–Crippen MR) is 81.1 cm³/mol. The Morgan fingerprint density at radius 1 is 1.20 bits per heavy atom. The molecule has 2 N–H and O–H groups in total. The van der Waals surface area contributed by atoms with E-state index in [0.717, 1.165) is 43.9 Å². The molecule has 0 aliphatic rings. The van der Waals surface area contributed by atoms with Crippen molar-refractivity contribution in [2.24, 2.45) is 0 Å². The van der Waals surface area contributed by atoms with Crippen LogP contribution in [0.5, 0.6) is 5.75 Å². The van der Waals surface area contributed by atoms with Gasteiger partial charge in [0, 0.05) is 19.8 Å². The molecule has 0 saturated heterocycles. The summed E-state index contributed by atoms with van der Waals surface area (Å²) in [6.07, 6.45) is 1.42. The minimum absolute atomic E-state index is 0.00858. The molecule has 0 aliphatic heterocycles. The van der Waals surface area contributed by atoms with E-state index in [1.165, 1.54) is 0 Å². The minimum Gasteiger partial charge on any atom is -0.494 e. The van der Waals surface area contributed by atoms with Crippen LogP contribution in [-0.2, 0) is 4.74 Å². The number of aliphatic hydroxyl groups is 1. The van der Waals surface area contributed by atoms with Crippen molar-refractivity contribution in [1.82, 2.24) is 5.32 Å². The van der Waals surface area contributed by atoms with Crippen LogP contribution >= 0.6 is 0 Å². The fourth-order valence-electron chi connectivity index (χ4n) is 1.93. The zero-order valence-electron chi connectivity index (χ0n) is 12.8. The van der Waals surface area contributed by atoms with Crippen molar-refractivity contribution in [2.45, 2.75) is 38.8 Å². The summed E-state index contributed by atoms with van der Waals surface area (Å²) >= 11 is 0. The molecule has 2 atom stereocenters. The molecule has 0 fully saturated rings. The Morgan fingerprint density at radius 3 is 2.50 bits per heavy atom. The van der Waals surface area contributed by atoms with Crippen molar-refractivity contribution >= 4 is 0 Å². The van der Waals surface area contributed by atoms with Crippen molar-refractivity contribution in [3.63, 3.8) is 0 Å². The molecule has 1 aromatic carbocycles. The fraction of sp³-hybridized carbons (Fsp3) is 0.625. The van der Waals surface area contributed by atoms with E-state index < -0.39 is 6.10 Å². The van der Waals surface area contributed by atoms with Crippen molar-refractivity contribution in [1.29, 1.82) is 0 Å². The largest absolute Gasteiger partial charge is 0.494 e. The Balaban J connectivity index is 2.43. The number of nitrogens with one attached hydrogen (secondary N) is 1. The van der Waals surface area contributed by atoms with Gasteiger partial charge < -0.3 is 19.9 Å². The molecule has 4 nitrogen and oxygen atoms in total. The van der Waals surface area contributed by atoms with Gasteiger partial charge in [0.2, 0.25) is 0 Å². The van der Waals surface area contributed by atoms with Gasteiger partial charge >= 0.3 is 0 Å². The van der Waals surface area contributed by atoms with Crippen LogP contribution in [-0.4, -0.2) is 38.0 Å². The Kier molecular flexibility index (Phi) is 8.26. The zero-order chi connectivity index (χ0) is 14.8. The van der Waals surface area contributed by atoms with E-state index in [0.29, 0.717) is 0 Å². The van der Waals surface area contributed by atoms with Gasteiger partial charge in [0.15, 0.2) is 0 Å². The van der Waals surface area contributed by atoms with Crippen LogP contribution in [0.4, 0.5) is 0 Å². The number of aliphatic hydroxyl groups excluding tert-OH is 1. The van der Waals surface area contributed by atoms with Crippen LogP contribution in [0.3, 0.4) is 0 Å². The predicted octanol–water partition coefficient (Wildman–Crippen LogP) is 2.52. The van der Waals surface area contributed by atoms with Gasteiger partial charge in [0.1, 0.15) is 5.75 Å². The highest BCUT2D eigenvalue weighted by Gasteiger charge is 2.15. The maximum Gasteiger partial charge on any atom is 0.119 e. The van der Waals surface area contributed by atoms with E-state index in [9.17, 15) is 5.11 Å².